The molecule has 3 heterocycles. The van der Waals surface area contributed by atoms with Crippen LogP contribution in [-0.4, -0.2) is 60.3 Å². The molecule has 0 spiro atoms. The van der Waals surface area contributed by atoms with Gasteiger partial charge in [-0.15, -0.1) is 0 Å². The predicted molar refractivity (Wildman–Crippen MR) is 59.7 cm³/mol. The van der Waals surface area contributed by atoms with Gasteiger partial charge in [-0.2, -0.15) is 0 Å². The smallest absolute Gasteiger partial charge is 0.0648 e. The molecule has 0 radical (unpaired) electrons. The molecule has 3 aliphatic rings. The number of fused-ring (bicyclic) bond motifs is 4. The third-order valence-corrected chi connectivity index (χ3v) is 4.62. The Morgan fingerprint density at radius 3 is 2.87 bits per heavy atom. The van der Waals surface area contributed by atoms with Crippen molar-refractivity contribution in [2.45, 2.75) is 31.4 Å². The molecule has 0 unspecified atom stereocenters. The molecule has 0 aromatic rings. The lowest BCUT2D eigenvalue weighted by molar-refractivity contribution is -0.112. The standard InChI is InChI=1S/C12H22N2O/c1-13-6-9-7-14-5-3-2-4-11(14)10(8-13)12(9)15/h9-12,15H,2-8H2,1H3/t9-,10+,11-,12-/m0/s1. The van der Waals surface area contributed by atoms with Crippen molar-refractivity contribution in [2.24, 2.45) is 11.8 Å². The Labute approximate surface area is 92.1 Å². The zero-order valence-corrected chi connectivity index (χ0v) is 9.60. The molecule has 3 saturated heterocycles. The van der Waals surface area contributed by atoms with Crippen molar-refractivity contribution >= 4 is 0 Å². The SMILES string of the molecule is CN1C[C@H]2CN3CCCC[C@H]3[C@@H](C1)[C@H]2O. The third kappa shape index (κ3) is 1.61. The lowest BCUT2D eigenvalue weighted by Gasteiger charge is -2.54. The van der Waals surface area contributed by atoms with Gasteiger partial charge in [-0.05, 0) is 26.4 Å². The van der Waals surface area contributed by atoms with E-state index in [4.69, 9.17) is 0 Å². The Kier molecular flexibility index (Phi) is 2.49. The van der Waals surface area contributed by atoms with Gasteiger partial charge in [0, 0.05) is 37.5 Å². The minimum atomic E-state index is -0.0273. The van der Waals surface area contributed by atoms with Crippen LogP contribution in [0.1, 0.15) is 19.3 Å². The number of aliphatic hydroxyl groups is 1. The highest BCUT2D eigenvalue weighted by Gasteiger charge is 2.46. The van der Waals surface area contributed by atoms with Crippen molar-refractivity contribution in [3.8, 4) is 0 Å². The van der Waals surface area contributed by atoms with Crippen LogP contribution in [0.3, 0.4) is 0 Å². The molecule has 15 heavy (non-hydrogen) atoms. The average Bonchev–Trinajstić information content (AvgIpc) is 2.21. The molecule has 86 valence electrons. The molecule has 4 atom stereocenters. The fourth-order valence-corrected chi connectivity index (χ4v) is 3.94. The minimum absolute atomic E-state index is 0.0273. The molecular weight excluding hydrogens is 188 g/mol. The maximum absolute atomic E-state index is 10.3. The molecule has 3 rings (SSSR count). The van der Waals surface area contributed by atoms with Crippen LogP contribution in [0, 0.1) is 11.8 Å². The van der Waals surface area contributed by atoms with Crippen LogP contribution in [0.2, 0.25) is 0 Å². The minimum Gasteiger partial charge on any atom is -0.392 e. The fraction of sp³-hybridized carbons (Fsp3) is 1.00. The zero-order valence-electron chi connectivity index (χ0n) is 9.60. The summed E-state index contributed by atoms with van der Waals surface area (Å²) in [5, 5.41) is 10.3. The van der Waals surface area contributed by atoms with Crippen LogP contribution in [0.5, 0.6) is 0 Å². The highest BCUT2D eigenvalue weighted by Crippen LogP contribution is 2.37. The van der Waals surface area contributed by atoms with Crippen molar-refractivity contribution in [2.75, 3.05) is 33.2 Å². The van der Waals surface area contributed by atoms with Crippen molar-refractivity contribution in [1.82, 2.24) is 9.80 Å². The molecule has 2 bridgehead atoms. The van der Waals surface area contributed by atoms with Crippen LogP contribution >= 0.6 is 0 Å². The molecule has 0 aromatic carbocycles. The first-order valence-corrected chi connectivity index (χ1v) is 6.36. The summed E-state index contributed by atoms with van der Waals surface area (Å²) >= 11 is 0. The second-order valence-corrected chi connectivity index (χ2v) is 5.69. The Hall–Kier alpha value is -0.120. The van der Waals surface area contributed by atoms with E-state index in [-0.39, 0.29) is 6.10 Å². The Morgan fingerprint density at radius 1 is 1.13 bits per heavy atom. The normalized spacial score (nSPS) is 47.6. The number of likely N-dealkylation sites (tertiary alicyclic amines) is 1. The van der Waals surface area contributed by atoms with Gasteiger partial charge in [0.25, 0.3) is 0 Å². The van der Waals surface area contributed by atoms with Gasteiger partial charge in [0.15, 0.2) is 0 Å². The van der Waals surface area contributed by atoms with Crippen molar-refractivity contribution < 1.29 is 5.11 Å². The second kappa shape index (κ2) is 3.72. The van der Waals surface area contributed by atoms with Gasteiger partial charge >= 0.3 is 0 Å². The van der Waals surface area contributed by atoms with E-state index in [1.54, 1.807) is 0 Å². The van der Waals surface area contributed by atoms with E-state index in [1.165, 1.54) is 25.8 Å². The summed E-state index contributed by atoms with van der Waals surface area (Å²) in [6, 6.07) is 0.674. The number of nitrogens with zero attached hydrogens (tertiary/aromatic N) is 2. The highest BCUT2D eigenvalue weighted by molar-refractivity contribution is 5.00. The summed E-state index contributed by atoms with van der Waals surface area (Å²) in [4.78, 5) is 5.06. The van der Waals surface area contributed by atoms with Crippen LogP contribution in [0.4, 0.5) is 0 Å². The van der Waals surface area contributed by atoms with E-state index in [0.29, 0.717) is 17.9 Å². The number of aliphatic hydroxyl groups excluding tert-OH is 1. The number of rotatable bonds is 0. The molecule has 0 aliphatic carbocycles. The third-order valence-electron chi connectivity index (χ3n) is 4.62. The molecule has 3 heteroatoms. The summed E-state index contributed by atoms with van der Waals surface area (Å²) in [7, 11) is 2.20. The first-order valence-electron chi connectivity index (χ1n) is 6.36. The van der Waals surface area contributed by atoms with Gasteiger partial charge in [-0.25, -0.2) is 0 Å². The molecular formula is C12H22N2O. The Bertz CT molecular complexity index is 246. The fourth-order valence-electron chi connectivity index (χ4n) is 3.94. The molecule has 0 aromatic heterocycles. The zero-order chi connectivity index (χ0) is 10.4. The maximum Gasteiger partial charge on any atom is 0.0648 e. The first kappa shape index (κ1) is 10.1. The average molecular weight is 210 g/mol. The predicted octanol–water partition coefficient (Wildman–Crippen LogP) is 0.393. The van der Waals surface area contributed by atoms with Gasteiger partial charge < -0.3 is 10.0 Å². The molecule has 1 N–H and O–H groups in total. The maximum atomic E-state index is 10.3. The summed E-state index contributed by atoms with van der Waals surface area (Å²) in [6.07, 6.45) is 4.00. The molecule has 3 nitrogen and oxygen atoms in total. The van der Waals surface area contributed by atoms with Gasteiger partial charge in [0.2, 0.25) is 0 Å². The van der Waals surface area contributed by atoms with Crippen LogP contribution < -0.4 is 0 Å². The number of hydrogen-bond acceptors (Lipinski definition) is 3. The van der Waals surface area contributed by atoms with E-state index in [2.05, 4.69) is 16.8 Å². The van der Waals surface area contributed by atoms with E-state index < -0.39 is 0 Å². The summed E-state index contributed by atoms with van der Waals surface area (Å²) in [5.41, 5.74) is 0. The van der Waals surface area contributed by atoms with Crippen LogP contribution in [0.25, 0.3) is 0 Å². The van der Waals surface area contributed by atoms with E-state index >= 15 is 0 Å². The summed E-state index contributed by atoms with van der Waals surface area (Å²) in [5.74, 6) is 1.02. The summed E-state index contributed by atoms with van der Waals surface area (Å²) < 4.78 is 0. The van der Waals surface area contributed by atoms with Gasteiger partial charge in [-0.3, -0.25) is 4.90 Å². The van der Waals surface area contributed by atoms with Crippen molar-refractivity contribution in [3.63, 3.8) is 0 Å². The number of hydrogen-bond donors (Lipinski definition) is 1. The van der Waals surface area contributed by atoms with Gasteiger partial charge in [0.1, 0.15) is 0 Å². The quantitative estimate of drug-likeness (QED) is 0.627. The topological polar surface area (TPSA) is 26.7 Å². The monoisotopic (exact) mass is 210 g/mol. The molecule has 3 fully saturated rings. The largest absolute Gasteiger partial charge is 0.392 e. The van der Waals surface area contributed by atoms with E-state index in [0.717, 1.165) is 19.6 Å². The Balaban J connectivity index is 1.82. The van der Waals surface area contributed by atoms with Crippen molar-refractivity contribution in [1.29, 1.82) is 0 Å². The molecule has 3 aliphatic heterocycles. The van der Waals surface area contributed by atoms with E-state index in [9.17, 15) is 5.11 Å². The molecule has 0 amide bonds. The lowest BCUT2D eigenvalue weighted by atomic mass is 9.74. The van der Waals surface area contributed by atoms with Gasteiger partial charge in [-0.1, -0.05) is 6.42 Å². The van der Waals surface area contributed by atoms with Gasteiger partial charge in [0.05, 0.1) is 6.10 Å². The van der Waals surface area contributed by atoms with Crippen molar-refractivity contribution in [3.05, 3.63) is 0 Å². The lowest BCUT2D eigenvalue weighted by Crippen LogP contribution is -2.64. The summed E-state index contributed by atoms with van der Waals surface area (Å²) in [6.45, 7) is 4.58. The van der Waals surface area contributed by atoms with Crippen LogP contribution in [-0.2, 0) is 0 Å². The van der Waals surface area contributed by atoms with Crippen LogP contribution in [0.15, 0.2) is 0 Å². The second-order valence-electron chi connectivity index (χ2n) is 5.69. The first-order chi connectivity index (χ1) is 7.25. The molecule has 0 saturated carbocycles. The highest BCUT2D eigenvalue weighted by atomic mass is 16.3. The number of piperidine rings is 3. The van der Waals surface area contributed by atoms with E-state index in [1.807, 2.05) is 0 Å². The Morgan fingerprint density at radius 2 is 2.00 bits per heavy atom.